The van der Waals surface area contributed by atoms with Crippen molar-refractivity contribution in [3.05, 3.63) is 40.4 Å². The van der Waals surface area contributed by atoms with Crippen LogP contribution in [0.3, 0.4) is 0 Å². The van der Waals surface area contributed by atoms with Gasteiger partial charge in [0.1, 0.15) is 16.7 Å². The minimum Gasteiger partial charge on any atom is -0.308 e. The lowest BCUT2D eigenvalue weighted by atomic mass is 10.2. The molecule has 0 aliphatic rings. The molecule has 0 aliphatic heterocycles. The van der Waals surface area contributed by atoms with E-state index in [1.807, 2.05) is 28.8 Å². The first kappa shape index (κ1) is 20.5. The van der Waals surface area contributed by atoms with Crippen LogP contribution in [-0.2, 0) is 13.0 Å². The summed E-state index contributed by atoms with van der Waals surface area (Å²) in [7, 11) is 0. The smallest absolute Gasteiger partial charge is 0.265 e. The van der Waals surface area contributed by atoms with Crippen LogP contribution in [0.1, 0.15) is 71.7 Å². The van der Waals surface area contributed by atoms with E-state index in [-0.39, 0.29) is 11.6 Å². The van der Waals surface area contributed by atoms with Gasteiger partial charge in [-0.2, -0.15) is 0 Å². The van der Waals surface area contributed by atoms with Crippen molar-refractivity contribution in [3.8, 4) is 0 Å². The van der Waals surface area contributed by atoms with Crippen LogP contribution in [0, 0.1) is 0 Å². The highest BCUT2D eigenvalue weighted by molar-refractivity contribution is 6.04. The molecular weight excluding hydrogens is 374 g/mol. The maximum Gasteiger partial charge on any atom is 0.265 e. The minimum atomic E-state index is 0.00749. The van der Waals surface area contributed by atoms with Gasteiger partial charge in [0.25, 0.3) is 5.56 Å². The van der Waals surface area contributed by atoms with E-state index < -0.39 is 0 Å². The molecule has 0 amide bonds. The molecule has 6 nitrogen and oxygen atoms in total. The first-order chi connectivity index (χ1) is 14.6. The van der Waals surface area contributed by atoms with Gasteiger partial charge in [-0.15, -0.1) is 0 Å². The summed E-state index contributed by atoms with van der Waals surface area (Å²) in [6.45, 7) is 9.26. The number of hydrogen-bond donors (Lipinski definition) is 0. The van der Waals surface area contributed by atoms with Crippen molar-refractivity contribution in [1.82, 2.24) is 24.1 Å². The van der Waals surface area contributed by atoms with Gasteiger partial charge in [-0.25, -0.2) is 15.0 Å². The molecule has 0 saturated carbocycles. The van der Waals surface area contributed by atoms with Crippen LogP contribution >= 0.6 is 0 Å². The monoisotopic (exact) mass is 405 g/mol. The Morgan fingerprint density at radius 3 is 2.33 bits per heavy atom. The summed E-state index contributed by atoms with van der Waals surface area (Å²) in [5, 5.41) is 0.608. The number of fused-ring (bicyclic) bond motifs is 4. The Kier molecular flexibility index (Phi) is 5.84. The zero-order valence-corrected chi connectivity index (χ0v) is 18.5. The average molecular weight is 406 g/mol. The number of unbranched alkanes of at least 4 members (excludes halogenated alkanes) is 3. The molecule has 0 unspecified atom stereocenters. The molecule has 0 aliphatic carbocycles. The molecule has 158 valence electrons. The van der Waals surface area contributed by atoms with E-state index in [4.69, 9.17) is 15.0 Å². The number of nitrogens with zero attached hydrogens (tertiary/aromatic N) is 5. The summed E-state index contributed by atoms with van der Waals surface area (Å²) in [6, 6.07) is 7.95. The van der Waals surface area contributed by atoms with Crippen LogP contribution in [0.4, 0.5) is 0 Å². The van der Waals surface area contributed by atoms with E-state index >= 15 is 0 Å². The molecule has 0 spiro atoms. The van der Waals surface area contributed by atoms with E-state index in [0.29, 0.717) is 10.9 Å². The van der Waals surface area contributed by atoms with Crippen molar-refractivity contribution in [2.75, 3.05) is 0 Å². The van der Waals surface area contributed by atoms with Crippen molar-refractivity contribution in [1.29, 1.82) is 0 Å². The molecule has 1 atom stereocenters. The fourth-order valence-corrected chi connectivity index (χ4v) is 4.21. The molecule has 3 heterocycles. The van der Waals surface area contributed by atoms with Crippen LogP contribution in [-0.4, -0.2) is 24.1 Å². The molecule has 30 heavy (non-hydrogen) atoms. The Balaban J connectivity index is 2.06. The standard InChI is InChI=1S/C24H31N5O/c1-5-8-9-12-15-28-22-20(24(30)29(16(4)6-2)19(7-3)27-22)21-23(28)26-18-14-11-10-13-17(18)25-21/h10-11,13-14,16H,5-9,12,15H2,1-4H3/t16-/m1/s1. The van der Waals surface area contributed by atoms with Crippen molar-refractivity contribution in [2.45, 2.75) is 78.8 Å². The summed E-state index contributed by atoms with van der Waals surface area (Å²) >= 11 is 0. The molecule has 0 radical (unpaired) electrons. The molecule has 0 fully saturated rings. The van der Waals surface area contributed by atoms with Gasteiger partial charge in [0, 0.05) is 19.0 Å². The number of aryl methyl sites for hydroxylation is 2. The lowest BCUT2D eigenvalue weighted by Crippen LogP contribution is -2.28. The minimum absolute atomic E-state index is 0.00749. The second-order valence-corrected chi connectivity index (χ2v) is 8.11. The van der Waals surface area contributed by atoms with Crippen molar-refractivity contribution >= 4 is 33.2 Å². The fraction of sp³-hybridized carbons (Fsp3) is 0.500. The predicted octanol–water partition coefficient (Wildman–Crippen LogP) is 5.41. The van der Waals surface area contributed by atoms with Gasteiger partial charge in [-0.05, 0) is 31.9 Å². The third-order valence-electron chi connectivity index (χ3n) is 6.05. The lowest BCUT2D eigenvalue weighted by molar-refractivity contribution is 0.488. The van der Waals surface area contributed by atoms with Crippen molar-refractivity contribution in [3.63, 3.8) is 0 Å². The highest BCUT2D eigenvalue weighted by Crippen LogP contribution is 2.27. The normalized spacial score (nSPS) is 12.9. The zero-order valence-electron chi connectivity index (χ0n) is 18.5. The Labute approximate surface area is 177 Å². The van der Waals surface area contributed by atoms with Crippen LogP contribution in [0.2, 0.25) is 0 Å². The van der Waals surface area contributed by atoms with E-state index in [2.05, 4.69) is 32.3 Å². The van der Waals surface area contributed by atoms with Gasteiger partial charge < -0.3 is 4.57 Å². The van der Waals surface area contributed by atoms with E-state index in [1.54, 1.807) is 0 Å². The first-order valence-electron chi connectivity index (χ1n) is 11.3. The second-order valence-electron chi connectivity index (χ2n) is 8.11. The van der Waals surface area contributed by atoms with E-state index in [1.165, 1.54) is 12.8 Å². The SMILES string of the molecule is CCCCCCn1c2nc3ccccc3nc2c2c(=O)n([C@H](C)CC)c(CC)nc21. The number of para-hydroxylation sites is 2. The Hall–Kier alpha value is -2.76. The third kappa shape index (κ3) is 3.38. The van der Waals surface area contributed by atoms with Crippen LogP contribution in [0.25, 0.3) is 33.2 Å². The Bertz CT molecular complexity index is 1250. The molecule has 4 aromatic rings. The summed E-state index contributed by atoms with van der Waals surface area (Å²) in [5.74, 6) is 0.837. The Morgan fingerprint density at radius 2 is 1.67 bits per heavy atom. The van der Waals surface area contributed by atoms with E-state index in [0.717, 1.165) is 60.4 Å². The maximum absolute atomic E-state index is 13.7. The van der Waals surface area contributed by atoms with Gasteiger partial charge in [0.15, 0.2) is 11.3 Å². The van der Waals surface area contributed by atoms with Gasteiger partial charge in [-0.3, -0.25) is 9.36 Å². The molecule has 0 N–H and O–H groups in total. The number of rotatable bonds is 8. The summed E-state index contributed by atoms with van der Waals surface area (Å²) in [5.41, 5.74) is 3.85. The van der Waals surface area contributed by atoms with Crippen molar-refractivity contribution < 1.29 is 0 Å². The van der Waals surface area contributed by atoms with Gasteiger partial charge in [-0.1, -0.05) is 52.2 Å². The molecular formula is C24H31N5O. The maximum atomic E-state index is 13.7. The summed E-state index contributed by atoms with van der Waals surface area (Å²) in [4.78, 5) is 28.5. The number of hydrogen-bond acceptors (Lipinski definition) is 4. The van der Waals surface area contributed by atoms with E-state index in [9.17, 15) is 4.79 Å². The largest absolute Gasteiger partial charge is 0.308 e. The highest BCUT2D eigenvalue weighted by atomic mass is 16.1. The zero-order chi connectivity index (χ0) is 21.3. The molecule has 1 aromatic carbocycles. The molecule has 0 saturated heterocycles. The summed E-state index contributed by atoms with van der Waals surface area (Å²) < 4.78 is 3.99. The molecule has 0 bridgehead atoms. The van der Waals surface area contributed by atoms with Crippen LogP contribution < -0.4 is 5.56 Å². The molecule has 4 rings (SSSR count). The quantitative estimate of drug-likeness (QED) is 0.368. The van der Waals surface area contributed by atoms with Crippen molar-refractivity contribution in [2.24, 2.45) is 0 Å². The Morgan fingerprint density at radius 1 is 0.933 bits per heavy atom. The summed E-state index contributed by atoms with van der Waals surface area (Å²) in [6.07, 6.45) is 6.19. The number of benzene rings is 1. The van der Waals surface area contributed by atoms with Crippen LogP contribution in [0.15, 0.2) is 29.1 Å². The third-order valence-corrected chi connectivity index (χ3v) is 6.05. The topological polar surface area (TPSA) is 65.6 Å². The van der Waals surface area contributed by atoms with Gasteiger partial charge in [0.05, 0.1) is 11.0 Å². The highest BCUT2D eigenvalue weighted by Gasteiger charge is 2.23. The van der Waals surface area contributed by atoms with Gasteiger partial charge in [0.2, 0.25) is 0 Å². The lowest BCUT2D eigenvalue weighted by Gasteiger charge is -2.17. The first-order valence-corrected chi connectivity index (χ1v) is 11.3. The average Bonchev–Trinajstić information content (AvgIpc) is 3.07. The van der Waals surface area contributed by atoms with Gasteiger partial charge >= 0.3 is 0 Å². The van der Waals surface area contributed by atoms with Crippen LogP contribution in [0.5, 0.6) is 0 Å². The predicted molar refractivity (Wildman–Crippen MR) is 123 cm³/mol. The number of aromatic nitrogens is 5. The molecule has 3 aromatic heterocycles. The fourth-order valence-electron chi connectivity index (χ4n) is 4.21. The molecule has 6 heteroatoms. The second kappa shape index (κ2) is 8.54.